The van der Waals surface area contributed by atoms with Gasteiger partial charge in [-0.2, -0.15) is 0 Å². The quantitative estimate of drug-likeness (QED) is 0.810. The summed E-state index contributed by atoms with van der Waals surface area (Å²) >= 11 is 0. The highest BCUT2D eigenvalue weighted by Crippen LogP contribution is 2.20. The molecule has 0 aliphatic rings. The van der Waals surface area contributed by atoms with Crippen molar-refractivity contribution in [3.63, 3.8) is 0 Å². The van der Waals surface area contributed by atoms with Crippen LogP contribution < -0.4 is 5.32 Å². The number of anilines is 1. The summed E-state index contributed by atoms with van der Waals surface area (Å²) in [5, 5.41) is 11.5. The number of halogens is 1. The van der Waals surface area contributed by atoms with Crippen molar-refractivity contribution in [1.82, 2.24) is 0 Å². The predicted molar refractivity (Wildman–Crippen MR) is 61.1 cm³/mol. The second kappa shape index (κ2) is 5.49. The average molecular weight is 225 g/mol. The molecule has 3 nitrogen and oxygen atoms in total. The Morgan fingerprint density at radius 3 is 2.81 bits per heavy atom. The number of carboxylic acid groups (broad SMARTS) is 1. The second-order valence-corrected chi connectivity index (χ2v) is 3.91. The molecule has 0 amide bonds. The number of nitrogens with one attached hydrogen (secondary N) is 1. The van der Waals surface area contributed by atoms with E-state index in [0.717, 1.165) is 5.56 Å². The predicted octanol–water partition coefficient (Wildman–Crippen LogP) is 2.80. The highest BCUT2D eigenvalue weighted by molar-refractivity contribution is 5.66. The van der Waals surface area contributed by atoms with Gasteiger partial charge in [-0.15, -0.1) is 0 Å². The monoisotopic (exact) mass is 225 g/mol. The third-order valence-electron chi connectivity index (χ3n) is 2.40. The lowest BCUT2D eigenvalue weighted by Gasteiger charge is -2.16. The third-order valence-corrected chi connectivity index (χ3v) is 2.40. The number of carbonyl (C=O) groups is 1. The fraction of sp³-hybridized carbons (Fsp3) is 0.417. The van der Waals surface area contributed by atoms with Gasteiger partial charge in [-0.1, -0.05) is 12.1 Å². The van der Waals surface area contributed by atoms with Gasteiger partial charge in [0.25, 0.3) is 0 Å². The molecule has 16 heavy (non-hydrogen) atoms. The van der Waals surface area contributed by atoms with Crippen LogP contribution in [0.25, 0.3) is 0 Å². The highest BCUT2D eigenvalue weighted by Gasteiger charge is 2.09. The Hall–Kier alpha value is -1.58. The second-order valence-electron chi connectivity index (χ2n) is 3.91. The van der Waals surface area contributed by atoms with Gasteiger partial charge >= 0.3 is 5.97 Å². The van der Waals surface area contributed by atoms with Crippen LogP contribution in [0.2, 0.25) is 0 Å². The third kappa shape index (κ3) is 3.53. The van der Waals surface area contributed by atoms with Crippen molar-refractivity contribution in [3.8, 4) is 0 Å². The van der Waals surface area contributed by atoms with Crippen molar-refractivity contribution < 1.29 is 14.3 Å². The molecule has 88 valence electrons. The maximum Gasteiger partial charge on any atom is 0.303 e. The zero-order chi connectivity index (χ0) is 12.1. The van der Waals surface area contributed by atoms with Crippen LogP contribution in [0.4, 0.5) is 10.1 Å². The first-order chi connectivity index (χ1) is 7.50. The van der Waals surface area contributed by atoms with E-state index in [9.17, 15) is 9.18 Å². The van der Waals surface area contributed by atoms with Crippen molar-refractivity contribution in [2.24, 2.45) is 0 Å². The van der Waals surface area contributed by atoms with Gasteiger partial charge in [-0.3, -0.25) is 4.79 Å². The molecule has 0 saturated heterocycles. The molecule has 0 fully saturated rings. The van der Waals surface area contributed by atoms with Gasteiger partial charge < -0.3 is 10.4 Å². The maximum atomic E-state index is 13.4. The first-order valence-electron chi connectivity index (χ1n) is 5.24. The van der Waals surface area contributed by atoms with Crippen LogP contribution in [0.15, 0.2) is 18.2 Å². The number of aliphatic carboxylic acids is 1. The van der Waals surface area contributed by atoms with Crippen molar-refractivity contribution in [3.05, 3.63) is 29.6 Å². The van der Waals surface area contributed by atoms with E-state index in [1.54, 1.807) is 6.07 Å². The Morgan fingerprint density at radius 2 is 2.25 bits per heavy atom. The van der Waals surface area contributed by atoms with Crippen LogP contribution >= 0.6 is 0 Å². The molecule has 4 heteroatoms. The van der Waals surface area contributed by atoms with Gasteiger partial charge in [0.05, 0.1) is 5.69 Å². The number of rotatable bonds is 5. The van der Waals surface area contributed by atoms with E-state index in [1.165, 1.54) is 6.07 Å². The minimum Gasteiger partial charge on any atom is -0.481 e. The summed E-state index contributed by atoms with van der Waals surface area (Å²) in [6.45, 7) is 3.66. The minimum absolute atomic E-state index is 0.0632. The van der Waals surface area contributed by atoms with E-state index in [4.69, 9.17) is 5.11 Å². The van der Waals surface area contributed by atoms with Crippen LogP contribution in [-0.2, 0) is 4.79 Å². The van der Waals surface area contributed by atoms with E-state index >= 15 is 0 Å². The van der Waals surface area contributed by atoms with Crippen LogP contribution in [0.1, 0.15) is 25.3 Å². The fourth-order valence-corrected chi connectivity index (χ4v) is 1.47. The smallest absolute Gasteiger partial charge is 0.303 e. The van der Waals surface area contributed by atoms with Crippen molar-refractivity contribution in [1.29, 1.82) is 0 Å². The van der Waals surface area contributed by atoms with E-state index in [-0.39, 0.29) is 18.3 Å². The largest absolute Gasteiger partial charge is 0.481 e. The molecule has 2 N–H and O–H groups in total. The average Bonchev–Trinajstić information content (AvgIpc) is 2.21. The molecule has 1 aromatic carbocycles. The van der Waals surface area contributed by atoms with E-state index < -0.39 is 5.97 Å². The van der Waals surface area contributed by atoms with Crippen molar-refractivity contribution in [2.45, 2.75) is 32.7 Å². The Bertz CT molecular complexity index is 359. The minimum atomic E-state index is -0.834. The zero-order valence-corrected chi connectivity index (χ0v) is 9.46. The van der Waals surface area contributed by atoms with Crippen LogP contribution in [0.5, 0.6) is 0 Å². The van der Waals surface area contributed by atoms with Crippen LogP contribution in [0, 0.1) is 12.7 Å². The molecule has 0 radical (unpaired) electrons. The topological polar surface area (TPSA) is 49.3 Å². The molecule has 1 rings (SSSR count). The lowest BCUT2D eigenvalue weighted by atomic mass is 10.1. The number of para-hydroxylation sites is 1. The number of hydrogen-bond donors (Lipinski definition) is 2. The normalized spacial score (nSPS) is 12.2. The van der Waals surface area contributed by atoms with Crippen molar-refractivity contribution >= 4 is 11.7 Å². The van der Waals surface area contributed by atoms with Crippen LogP contribution in [0.3, 0.4) is 0 Å². The van der Waals surface area contributed by atoms with Gasteiger partial charge in [-0.05, 0) is 31.9 Å². The lowest BCUT2D eigenvalue weighted by molar-refractivity contribution is -0.137. The molecule has 1 atom stereocenters. The fourth-order valence-electron chi connectivity index (χ4n) is 1.47. The van der Waals surface area contributed by atoms with E-state index in [2.05, 4.69) is 5.32 Å². The molecular formula is C12H16FNO2. The first-order valence-corrected chi connectivity index (χ1v) is 5.24. The van der Waals surface area contributed by atoms with Gasteiger partial charge in [0, 0.05) is 12.5 Å². The highest BCUT2D eigenvalue weighted by atomic mass is 19.1. The van der Waals surface area contributed by atoms with Gasteiger partial charge in [0.2, 0.25) is 0 Å². The molecule has 0 aliphatic carbocycles. The summed E-state index contributed by atoms with van der Waals surface area (Å²) in [7, 11) is 0. The lowest BCUT2D eigenvalue weighted by Crippen LogP contribution is -2.18. The summed E-state index contributed by atoms with van der Waals surface area (Å²) in [5.74, 6) is -1.14. The molecule has 0 bridgehead atoms. The zero-order valence-electron chi connectivity index (χ0n) is 9.46. The standard InChI is InChI=1S/C12H16FNO2/c1-8-4-3-5-10(13)12(8)14-9(2)6-7-11(15)16/h3-5,9,14H,6-7H2,1-2H3,(H,15,16). The molecule has 0 aromatic heterocycles. The summed E-state index contributed by atoms with van der Waals surface area (Å²) in [5.41, 5.74) is 1.28. The van der Waals surface area contributed by atoms with E-state index in [1.807, 2.05) is 19.9 Å². The van der Waals surface area contributed by atoms with Crippen molar-refractivity contribution in [2.75, 3.05) is 5.32 Å². The molecule has 0 spiro atoms. The Kier molecular flexibility index (Phi) is 4.28. The summed E-state index contributed by atoms with van der Waals surface area (Å²) in [6.07, 6.45) is 0.560. The van der Waals surface area contributed by atoms with Gasteiger partial charge in [-0.25, -0.2) is 4.39 Å². The van der Waals surface area contributed by atoms with Crippen LogP contribution in [-0.4, -0.2) is 17.1 Å². The molecule has 1 unspecified atom stereocenters. The molecule has 0 saturated carbocycles. The number of carboxylic acids is 1. The van der Waals surface area contributed by atoms with E-state index in [0.29, 0.717) is 12.1 Å². The maximum absolute atomic E-state index is 13.4. The Morgan fingerprint density at radius 1 is 1.56 bits per heavy atom. The summed E-state index contributed by atoms with van der Waals surface area (Å²) in [4.78, 5) is 10.4. The summed E-state index contributed by atoms with van der Waals surface area (Å²) in [6, 6.07) is 4.79. The molecule has 1 aromatic rings. The van der Waals surface area contributed by atoms with Gasteiger partial charge in [0.15, 0.2) is 0 Å². The summed E-state index contributed by atoms with van der Waals surface area (Å²) < 4.78 is 13.4. The Labute approximate surface area is 94.3 Å². The van der Waals surface area contributed by atoms with Gasteiger partial charge in [0.1, 0.15) is 5.82 Å². The number of hydrogen-bond acceptors (Lipinski definition) is 2. The number of aryl methyl sites for hydroxylation is 1. The first kappa shape index (κ1) is 12.5. The molecule has 0 heterocycles. The number of benzene rings is 1. The molecule has 0 aliphatic heterocycles. The molecular weight excluding hydrogens is 209 g/mol. The SMILES string of the molecule is Cc1cccc(F)c1NC(C)CCC(=O)O. The Balaban J connectivity index is 2.62.